The van der Waals surface area contributed by atoms with Gasteiger partial charge >= 0.3 is 0 Å². The van der Waals surface area contributed by atoms with Crippen LogP contribution in [0, 0.1) is 0 Å². The highest BCUT2D eigenvalue weighted by Gasteiger charge is 2.15. The maximum atomic E-state index is 11.9. The molecule has 1 heterocycles. The van der Waals surface area contributed by atoms with Crippen LogP contribution >= 0.6 is 12.6 Å². The molecular weight excluding hydrogens is 300 g/mol. The highest BCUT2D eigenvalue weighted by atomic mass is 32.1. The maximum Gasteiger partial charge on any atom is 0.233 e. The third-order valence-corrected chi connectivity index (χ3v) is 4.03. The first kappa shape index (κ1) is 17.1. The molecule has 0 radical (unpaired) electrons. The van der Waals surface area contributed by atoms with E-state index >= 15 is 0 Å². The normalized spacial score (nSPS) is 17.0. The van der Waals surface area contributed by atoms with Crippen LogP contribution in [0.3, 0.4) is 0 Å². The molecule has 1 aliphatic rings. The van der Waals surface area contributed by atoms with Crippen LogP contribution in [0.5, 0.6) is 5.75 Å². The number of thiol groups is 1. The molecule has 22 heavy (non-hydrogen) atoms. The quantitative estimate of drug-likeness (QED) is 0.706. The fourth-order valence-electron chi connectivity index (χ4n) is 2.22. The molecule has 0 saturated carbocycles. The lowest BCUT2D eigenvalue weighted by Gasteiger charge is -2.26. The zero-order valence-electron chi connectivity index (χ0n) is 12.7. The summed E-state index contributed by atoms with van der Waals surface area (Å²) >= 11 is 4.35. The summed E-state index contributed by atoms with van der Waals surface area (Å²) in [4.78, 5) is 14.2. The van der Waals surface area contributed by atoms with Crippen LogP contribution in [0.1, 0.15) is 6.42 Å². The maximum absolute atomic E-state index is 11.9. The van der Waals surface area contributed by atoms with Crippen molar-refractivity contribution >= 4 is 18.5 Å². The van der Waals surface area contributed by atoms with Crippen molar-refractivity contribution < 1.29 is 14.3 Å². The average molecular weight is 324 g/mol. The zero-order chi connectivity index (χ0) is 15.6. The van der Waals surface area contributed by atoms with Gasteiger partial charge in [-0.15, -0.1) is 0 Å². The minimum atomic E-state index is -0.339. The molecule has 0 aromatic heterocycles. The van der Waals surface area contributed by atoms with Crippen LogP contribution in [0.2, 0.25) is 0 Å². The second kappa shape index (κ2) is 9.71. The number of hydrogen-bond acceptors (Lipinski definition) is 5. The van der Waals surface area contributed by atoms with Crippen LogP contribution < -0.4 is 10.1 Å². The molecule has 1 saturated heterocycles. The van der Waals surface area contributed by atoms with Crippen LogP contribution in [0.25, 0.3) is 0 Å². The van der Waals surface area contributed by atoms with E-state index in [2.05, 4.69) is 22.8 Å². The summed E-state index contributed by atoms with van der Waals surface area (Å²) in [5, 5.41) is 2.59. The molecule has 1 amide bonds. The molecule has 5 nitrogen and oxygen atoms in total. The van der Waals surface area contributed by atoms with Crippen molar-refractivity contribution in [1.82, 2.24) is 10.2 Å². The van der Waals surface area contributed by atoms with Crippen LogP contribution in [-0.4, -0.2) is 62.1 Å². The van der Waals surface area contributed by atoms with E-state index in [1.165, 1.54) is 0 Å². The first-order chi connectivity index (χ1) is 10.8. The summed E-state index contributed by atoms with van der Waals surface area (Å²) in [6.45, 7) is 5.41. The number of morpholine rings is 1. The van der Waals surface area contributed by atoms with Gasteiger partial charge in [-0.2, -0.15) is 12.6 Å². The monoisotopic (exact) mass is 324 g/mol. The van der Waals surface area contributed by atoms with Crippen LogP contribution in [0.15, 0.2) is 30.3 Å². The van der Waals surface area contributed by atoms with E-state index in [-0.39, 0.29) is 11.2 Å². The topological polar surface area (TPSA) is 50.8 Å². The average Bonchev–Trinajstić information content (AvgIpc) is 2.56. The number of hydrogen-bond donors (Lipinski definition) is 2. The summed E-state index contributed by atoms with van der Waals surface area (Å²) in [5.74, 6) is 0.781. The van der Waals surface area contributed by atoms with Crippen molar-refractivity contribution in [2.75, 3.05) is 46.0 Å². The number of rotatable bonds is 8. The predicted octanol–water partition coefficient (Wildman–Crippen LogP) is 1.20. The predicted molar refractivity (Wildman–Crippen MR) is 89.6 cm³/mol. The van der Waals surface area contributed by atoms with Gasteiger partial charge in [0.15, 0.2) is 0 Å². The van der Waals surface area contributed by atoms with Gasteiger partial charge in [0.25, 0.3) is 0 Å². The second-order valence-corrected chi connectivity index (χ2v) is 5.83. The number of carbonyl (C=O) groups excluding carboxylic acids is 1. The highest BCUT2D eigenvalue weighted by molar-refractivity contribution is 7.81. The van der Waals surface area contributed by atoms with Gasteiger partial charge in [0.1, 0.15) is 5.75 Å². The number of ether oxygens (including phenoxy) is 2. The molecule has 0 bridgehead atoms. The lowest BCUT2D eigenvalue weighted by atomic mass is 10.3. The molecule has 1 aromatic rings. The summed E-state index contributed by atoms with van der Waals surface area (Å²) in [6.07, 6.45) is 0.585. The highest BCUT2D eigenvalue weighted by Crippen LogP contribution is 2.10. The third kappa shape index (κ3) is 6.25. The largest absolute Gasteiger partial charge is 0.494 e. The van der Waals surface area contributed by atoms with E-state index in [4.69, 9.17) is 9.47 Å². The fraction of sp³-hybridized carbons (Fsp3) is 0.562. The van der Waals surface area contributed by atoms with E-state index in [0.29, 0.717) is 19.6 Å². The molecule has 1 unspecified atom stereocenters. The minimum Gasteiger partial charge on any atom is -0.494 e. The van der Waals surface area contributed by atoms with Crippen molar-refractivity contribution in [1.29, 1.82) is 0 Å². The number of carbonyl (C=O) groups is 1. The molecule has 1 N–H and O–H groups in total. The van der Waals surface area contributed by atoms with Gasteiger partial charge in [-0.3, -0.25) is 9.69 Å². The Labute approximate surface area is 137 Å². The lowest BCUT2D eigenvalue weighted by molar-refractivity contribution is -0.120. The van der Waals surface area contributed by atoms with E-state index in [1.54, 1.807) is 0 Å². The van der Waals surface area contributed by atoms with E-state index in [9.17, 15) is 4.79 Å². The Balaban J connectivity index is 1.56. The number of benzene rings is 1. The SMILES string of the molecule is O=C(NCCN1CCOCC1)C(S)CCOc1ccccc1. The van der Waals surface area contributed by atoms with E-state index in [0.717, 1.165) is 38.6 Å². The Kier molecular flexibility index (Phi) is 7.56. The molecule has 0 spiro atoms. The van der Waals surface area contributed by atoms with Crippen molar-refractivity contribution in [3.05, 3.63) is 30.3 Å². The molecule has 1 aliphatic heterocycles. The van der Waals surface area contributed by atoms with Gasteiger partial charge in [-0.1, -0.05) is 18.2 Å². The third-order valence-electron chi connectivity index (χ3n) is 3.54. The Bertz CT molecular complexity index is 438. The van der Waals surface area contributed by atoms with Gasteiger partial charge in [0.2, 0.25) is 5.91 Å². The summed E-state index contributed by atoms with van der Waals surface area (Å²) < 4.78 is 10.9. The number of para-hydroxylation sites is 1. The van der Waals surface area contributed by atoms with Gasteiger partial charge in [0, 0.05) is 32.6 Å². The summed E-state index contributed by atoms with van der Waals surface area (Å²) in [5.41, 5.74) is 0. The summed E-state index contributed by atoms with van der Waals surface area (Å²) in [7, 11) is 0. The Hall–Kier alpha value is -1.24. The molecule has 0 aliphatic carbocycles. The molecule has 1 fully saturated rings. The van der Waals surface area contributed by atoms with Crippen molar-refractivity contribution in [3.8, 4) is 5.75 Å². The van der Waals surface area contributed by atoms with Crippen LogP contribution in [0.4, 0.5) is 0 Å². The van der Waals surface area contributed by atoms with Crippen molar-refractivity contribution in [3.63, 3.8) is 0 Å². The molecule has 122 valence electrons. The molecule has 6 heteroatoms. The molecule has 1 atom stereocenters. The van der Waals surface area contributed by atoms with Gasteiger partial charge < -0.3 is 14.8 Å². The van der Waals surface area contributed by atoms with Gasteiger partial charge in [-0.25, -0.2) is 0 Å². The van der Waals surface area contributed by atoms with Gasteiger partial charge in [-0.05, 0) is 12.1 Å². The number of amides is 1. The van der Waals surface area contributed by atoms with Crippen molar-refractivity contribution in [2.24, 2.45) is 0 Å². The zero-order valence-corrected chi connectivity index (χ0v) is 13.6. The Morgan fingerprint density at radius 2 is 2.05 bits per heavy atom. The Morgan fingerprint density at radius 1 is 1.32 bits per heavy atom. The first-order valence-corrected chi connectivity index (χ1v) is 8.21. The minimum absolute atomic E-state index is 0.0340. The Morgan fingerprint density at radius 3 is 2.77 bits per heavy atom. The second-order valence-electron chi connectivity index (χ2n) is 5.21. The standard InChI is InChI=1S/C16H24N2O3S/c19-16(17-7-8-18-9-12-20-13-10-18)15(22)6-11-21-14-4-2-1-3-5-14/h1-5,15,22H,6-13H2,(H,17,19). The number of nitrogens with zero attached hydrogens (tertiary/aromatic N) is 1. The molecule has 1 aromatic carbocycles. The number of nitrogens with one attached hydrogen (secondary N) is 1. The van der Waals surface area contributed by atoms with E-state index < -0.39 is 0 Å². The first-order valence-electron chi connectivity index (χ1n) is 7.69. The smallest absolute Gasteiger partial charge is 0.233 e. The molecular formula is C16H24N2O3S. The fourth-order valence-corrected chi connectivity index (χ4v) is 2.41. The molecule has 2 rings (SSSR count). The summed E-state index contributed by atoms with van der Waals surface area (Å²) in [6, 6.07) is 9.58. The van der Waals surface area contributed by atoms with E-state index in [1.807, 2.05) is 30.3 Å². The van der Waals surface area contributed by atoms with Crippen LogP contribution in [-0.2, 0) is 9.53 Å². The van der Waals surface area contributed by atoms with Gasteiger partial charge in [0.05, 0.1) is 25.1 Å². The van der Waals surface area contributed by atoms with Crippen molar-refractivity contribution in [2.45, 2.75) is 11.7 Å². The lowest BCUT2D eigenvalue weighted by Crippen LogP contribution is -2.42.